The molecule has 0 aliphatic heterocycles. The van der Waals surface area contributed by atoms with E-state index < -0.39 is 28.5 Å². The fourth-order valence-electron chi connectivity index (χ4n) is 4.95. The van der Waals surface area contributed by atoms with Gasteiger partial charge in [-0.3, -0.25) is 13.9 Å². The number of methoxy groups -OCH3 is 1. The highest BCUT2D eigenvalue weighted by molar-refractivity contribution is 7.92. The van der Waals surface area contributed by atoms with Crippen LogP contribution in [0.4, 0.5) is 5.69 Å². The van der Waals surface area contributed by atoms with E-state index in [1.807, 2.05) is 57.2 Å². The van der Waals surface area contributed by atoms with E-state index in [0.717, 1.165) is 15.4 Å². The average molecular weight is 683 g/mol. The van der Waals surface area contributed by atoms with Crippen molar-refractivity contribution in [3.8, 4) is 5.75 Å². The molecule has 0 saturated heterocycles. The Morgan fingerprint density at radius 2 is 1.48 bits per heavy atom. The highest BCUT2D eigenvalue weighted by atomic mass is 35.5. The van der Waals surface area contributed by atoms with Crippen molar-refractivity contribution in [2.45, 2.75) is 50.7 Å². The number of anilines is 1. The number of nitrogens with zero attached hydrogens (tertiary/aromatic N) is 2. The zero-order chi connectivity index (χ0) is 33.4. The lowest BCUT2D eigenvalue weighted by molar-refractivity contribution is -0.140. The van der Waals surface area contributed by atoms with Crippen molar-refractivity contribution in [3.05, 3.63) is 124 Å². The van der Waals surface area contributed by atoms with Crippen molar-refractivity contribution in [1.82, 2.24) is 10.2 Å². The van der Waals surface area contributed by atoms with Crippen molar-refractivity contribution < 1.29 is 22.7 Å². The Hall–Kier alpha value is -4.05. The van der Waals surface area contributed by atoms with E-state index >= 15 is 0 Å². The number of benzene rings is 4. The molecule has 8 nitrogen and oxygen atoms in total. The molecule has 0 radical (unpaired) electrons. The Labute approximate surface area is 280 Å². The smallest absolute Gasteiger partial charge is 0.264 e. The maximum Gasteiger partial charge on any atom is 0.264 e. The molecule has 1 atom stereocenters. The lowest BCUT2D eigenvalue weighted by Gasteiger charge is -2.34. The molecule has 0 saturated carbocycles. The number of sulfonamides is 1. The lowest BCUT2D eigenvalue weighted by Crippen LogP contribution is -2.54. The average Bonchev–Trinajstić information content (AvgIpc) is 3.01. The number of halogens is 2. The quantitative estimate of drug-likeness (QED) is 0.170. The van der Waals surface area contributed by atoms with Crippen LogP contribution in [0.5, 0.6) is 5.75 Å². The van der Waals surface area contributed by atoms with Crippen LogP contribution in [0.1, 0.15) is 30.5 Å². The van der Waals surface area contributed by atoms with Gasteiger partial charge in [0.15, 0.2) is 0 Å². The fourth-order valence-corrected chi connectivity index (χ4v) is 6.86. The zero-order valence-corrected chi connectivity index (χ0v) is 28.4. The minimum atomic E-state index is -4.29. The van der Waals surface area contributed by atoms with Crippen LogP contribution in [-0.2, 0) is 32.6 Å². The summed E-state index contributed by atoms with van der Waals surface area (Å²) in [6.45, 7) is 4.90. The SMILES string of the molecule is COc1cccc(CN(C(=O)CN(c2cc(Cl)cc(Cl)c2)S(=O)(=O)c2ccc(C)cc2)[C@@H](Cc2ccccc2)C(=O)NC(C)C)c1. The Balaban J connectivity index is 1.84. The van der Waals surface area contributed by atoms with Gasteiger partial charge in [-0.2, -0.15) is 0 Å². The maximum absolute atomic E-state index is 14.6. The van der Waals surface area contributed by atoms with Gasteiger partial charge in [0.25, 0.3) is 10.0 Å². The van der Waals surface area contributed by atoms with Crippen molar-refractivity contribution in [3.63, 3.8) is 0 Å². The second kappa shape index (κ2) is 15.5. The van der Waals surface area contributed by atoms with Crippen LogP contribution in [-0.4, -0.2) is 50.9 Å². The molecule has 0 spiro atoms. The molecule has 0 bridgehead atoms. The molecule has 4 rings (SSSR count). The first-order valence-corrected chi connectivity index (χ1v) is 16.9. The largest absolute Gasteiger partial charge is 0.497 e. The molecule has 4 aromatic carbocycles. The summed E-state index contributed by atoms with van der Waals surface area (Å²) in [6.07, 6.45) is 0.197. The number of aryl methyl sites for hydroxylation is 1. The number of hydrogen-bond donors (Lipinski definition) is 1. The Morgan fingerprint density at radius 3 is 2.09 bits per heavy atom. The third-order valence-electron chi connectivity index (χ3n) is 7.21. The highest BCUT2D eigenvalue weighted by Gasteiger charge is 2.35. The monoisotopic (exact) mass is 681 g/mol. The van der Waals surface area contributed by atoms with Gasteiger partial charge in [-0.25, -0.2) is 8.42 Å². The summed E-state index contributed by atoms with van der Waals surface area (Å²) in [5, 5.41) is 3.34. The minimum absolute atomic E-state index is 0.00771. The van der Waals surface area contributed by atoms with Gasteiger partial charge in [0.05, 0.1) is 17.7 Å². The number of nitrogens with one attached hydrogen (secondary N) is 1. The summed E-state index contributed by atoms with van der Waals surface area (Å²) < 4.78 is 34.7. The molecule has 0 fully saturated rings. The normalized spacial score (nSPS) is 12.0. The number of hydrogen-bond acceptors (Lipinski definition) is 5. The maximum atomic E-state index is 14.6. The first kappa shape index (κ1) is 34.8. The Bertz CT molecular complexity index is 1750. The predicted molar refractivity (Wildman–Crippen MR) is 183 cm³/mol. The van der Waals surface area contributed by atoms with Gasteiger partial charge in [-0.05, 0) is 74.4 Å². The van der Waals surface area contributed by atoms with Crippen molar-refractivity contribution in [1.29, 1.82) is 0 Å². The molecule has 1 N–H and O–H groups in total. The molecule has 0 aliphatic carbocycles. The van der Waals surface area contributed by atoms with Gasteiger partial charge in [0.2, 0.25) is 11.8 Å². The van der Waals surface area contributed by atoms with E-state index in [-0.39, 0.29) is 45.5 Å². The predicted octanol–water partition coefficient (Wildman–Crippen LogP) is 6.67. The standard InChI is InChI=1S/C35H37Cl2N3O5S/c1-24(2)38-35(42)33(18-26-9-6-5-7-10-26)39(22-27-11-8-12-31(17-27)45-4)34(41)23-40(30-20-28(36)19-29(37)21-30)46(43,44)32-15-13-25(3)14-16-32/h5-17,19-21,24,33H,18,22-23H2,1-4H3,(H,38,42)/t33-/m0/s1. The molecule has 0 heterocycles. The van der Waals surface area contributed by atoms with E-state index in [4.69, 9.17) is 27.9 Å². The molecular formula is C35H37Cl2N3O5S. The van der Waals surface area contributed by atoms with Crippen LogP contribution in [0, 0.1) is 6.92 Å². The Morgan fingerprint density at radius 1 is 0.848 bits per heavy atom. The topological polar surface area (TPSA) is 96.0 Å². The summed E-state index contributed by atoms with van der Waals surface area (Å²) in [5.74, 6) is -0.392. The number of carbonyl (C=O) groups is 2. The van der Waals surface area contributed by atoms with E-state index in [1.165, 1.54) is 35.2 Å². The third-order valence-corrected chi connectivity index (χ3v) is 9.44. The van der Waals surface area contributed by atoms with E-state index in [9.17, 15) is 18.0 Å². The van der Waals surface area contributed by atoms with Gasteiger partial charge in [-0.15, -0.1) is 0 Å². The van der Waals surface area contributed by atoms with Gasteiger partial charge < -0.3 is 15.0 Å². The summed E-state index contributed by atoms with van der Waals surface area (Å²) in [5.41, 5.74) is 2.51. The van der Waals surface area contributed by atoms with Gasteiger partial charge in [0.1, 0.15) is 18.3 Å². The molecule has 4 aromatic rings. The van der Waals surface area contributed by atoms with Crippen LogP contribution in [0.25, 0.3) is 0 Å². The minimum Gasteiger partial charge on any atom is -0.497 e. The van der Waals surface area contributed by atoms with Crippen LogP contribution >= 0.6 is 23.2 Å². The van der Waals surface area contributed by atoms with E-state index in [1.54, 1.807) is 37.4 Å². The van der Waals surface area contributed by atoms with Gasteiger partial charge >= 0.3 is 0 Å². The second-order valence-electron chi connectivity index (χ2n) is 11.2. The van der Waals surface area contributed by atoms with E-state index in [0.29, 0.717) is 11.3 Å². The summed E-state index contributed by atoms with van der Waals surface area (Å²) in [7, 11) is -2.75. The molecule has 0 aliphatic rings. The summed E-state index contributed by atoms with van der Waals surface area (Å²) >= 11 is 12.6. The number of carbonyl (C=O) groups excluding carboxylic acids is 2. The van der Waals surface area contributed by atoms with Crippen molar-refractivity contribution in [2.75, 3.05) is 18.0 Å². The van der Waals surface area contributed by atoms with Crippen LogP contribution in [0.3, 0.4) is 0 Å². The highest BCUT2D eigenvalue weighted by Crippen LogP contribution is 2.30. The number of rotatable bonds is 13. The lowest BCUT2D eigenvalue weighted by atomic mass is 10.0. The number of ether oxygens (including phenoxy) is 1. The summed E-state index contributed by atoms with van der Waals surface area (Å²) in [6, 6.07) is 26.0. The van der Waals surface area contributed by atoms with Crippen molar-refractivity contribution >= 4 is 50.7 Å². The van der Waals surface area contributed by atoms with Crippen LogP contribution in [0.2, 0.25) is 10.0 Å². The van der Waals surface area contributed by atoms with Gasteiger partial charge in [-0.1, -0.05) is 83.4 Å². The Kier molecular flexibility index (Phi) is 11.7. The second-order valence-corrected chi connectivity index (χ2v) is 13.9. The summed E-state index contributed by atoms with van der Waals surface area (Å²) in [4.78, 5) is 29.8. The third kappa shape index (κ3) is 9.02. The van der Waals surface area contributed by atoms with E-state index in [2.05, 4.69) is 5.32 Å². The van der Waals surface area contributed by atoms with Crippen LogP contribution in [0.15, 0.2) is 102 Å². The fraction of sp³-hybridized carbons (Fsp3) is 0.257. The van der Waals surface area contributed by atoms with Gasteiger partial charge in [0, 0.05) is 29.1 Å². The molecule has 0 aromatic heterocycles. The zero-order valence-electron chi connectivity index (χ0n) is 26.1. The number of amides is 2. The molecule has 0 unspecified atom stereocenters. The first-order valence-electron chi connectivity index (χ1n) is 14.7. The molecular weight excluding hydrogens is 645 g/mol. The molecule has 2 amide bonds. The molecule has 11 heteroatoms. The first-order chi connectivity index (χ1) is 21.9. The molecule has 46 heavy (non-hydrogen) atoms. The molecule has 242 valence electrons. The van der Waals surface area contributed by atoms with Crippen LogP contribution < -0.4 is 14.4 Å². The van der Waals surface area contributed by atoms with Crippen molar-refractivity contribution in [2.24, 2.45) is 0 Å².